The first-order chi connectivity index (χ1) is 9.86. The number of aromatic nitrogens is 1. The topological polar surface area (TPSA) is 37.2 Å². The van der Waals surface area contributed by atoms with Crippen LogP contribution in [0.2, 0.25) is 0 Å². The molecule has 0 spiro atoms. The lowest BCUT2D eigenvalue weighted by atomic mass is 10.0. The van der Waals surface area contributed by atoms with Crippen LogP contribution in [0.1, 0.15) is 12.5 Å². The maximum absolute atomic E-state index is 10.4. The Labute approximate surface area is 117 Å². The zero-order chi connectivity index (χ0) is 13.5. The van der Waals surface area contributed by atoms with Gasteiger partial charge in [-0.1, -0.05) is 36.4 Å². The molecule has 1 aliphatic heterocycles. The van der Waals surface area contributed by atoms with E-state index in [1.807, 2.05) is 0 Å². The second kappa shape index (κ2) is 4.62. The molecule has 102 valence electrons. The third kappa shape index (κ3) is 1.67. The van der Waals surface area contributed by atoms with Gasteiger partial charge in [0.25, 0.3) is 0 Å². The zero-order valence-electron chi connectivity index (χ0n) is 11.3. The van der Waals surface area contributed by atoms with E-state index < -0.39 is 0 Å². The Hall–Kier alpha value is -1.84. The fraction of sp³-hybridized carbons (Fsp3) is 0.294. The van der Waals surface area contributed by atoms with Gasteiger partial charge in [-0.2, -0.15) is 0 Å². The molecule has 3 nitrogen and oxygen atoms in total. The van der Waals surface area contributed by atoms with Crippen molar-refractivity contribution < 1.29 is 5.11 Å². The average Bonchev–Trinajstić information content (AvgIpc) is 2.83. The lowest BCUT2D eigenvalue weighted by Crippen LogP contribution is -2.41. The SMILES string of the molecule is O[C@@H]1CNCC[C@H]1n1c2ccccc2c2ccccc21. The van der Waals surface area contributed by atoms with E-state index in [1.165, 1.54) is 21.8 Å². The van der Waals surface area contributed by atoms with E-state index in [1.54, 1.807) is 0 Å². The highest BCUT2D eigenvalue weighted by molar-refractivity contribution is 6.08. The summed E-state index contributed by atoms with van der Waals surface area (Å²) in [5.41, 5.74) is 2.44. The molecule has 1 aromatic heterocycles. The van der Waals surface area contributed by atoms with Crippen LogP contribution in [-0.2, 0) is 0 Å². The number of aliphatic hydroxyl groups is 1. The third-order valence-corrected chi connectivity index (χ3v) is 4.36. The van der Waals surface area contributed by atoms with E-state index in [-0.39, 0.29) is 12.1 Å². The molecule has 0 saturated carbocycles. The van der Waals surface area contributed by atoms with Crippen molar-refractivity contribution in [1.82, 2.24) is 9.88 Å². The van der Waals surface area contributed by atoms with Crippen LogP contribution in [0.15, 0.2) is 48.5 Å². The molecule has 3 aromatic rings. The molecule has 4 rings (SSSR count). The quantitative estimate of drug-likeness (QED) is 0.710. The van der Waals surface area contributed by atoms with Gasteiger partial charge in [0.1, 0.15) is 0 Å². The summed E-state index contributed by atoms with van der Waals surface area (Å²) in [5.74, 6) is 0. The minimum Gasteiger partial charge on any atom is -0.390 e. The van der Waals surface area contributed by atoms with Crippen LogP contribution in [0.25, 0.3) is 21.8 Å². The van der Waals surface area contributed by atoms with Crippen molar-refractivity contribution >= 4 is 21.8 Å². The molecule has 2 N–H and O–H groups in total. The van der Waals surface area contributed by atoms with Gasteiger partial charge in [0.15, 0.2) is 0 Å². The maximum atomic E-state index is 10.4. The van der Waals surface area contributed by atoms with Gasteiger partial charge < -0.3 is 15.0 Å². The Balaban J connectivity index is 2.04. The van der Waals surface area contributed by atoms with Crippen LogP contribution in [-0.4, -0.2) is 28.9 Å². The summed E-state index contributed by atoms with van der Waals surface area (Å²) in [5, 5.41) is 16.2. The number of rotatable bonds is 1. The van der Waals surface area contributed by atoms with Gasteiger partial charge in [-0.25, -0.2) is 0 Å². The molecular weight excluding hydrogens is 248 g/mol. The Kier molecular flexibility index (Phi) is 2.76. The lowest BCUT2D eigenvalue weighted by Gasteiger charge is -2.31. The van der Waals surface area contributed by atoms with Crippen molar-refractivity contribution in [2.45, 2.75) is 18.6 Å². The van der Waals surface area contributed by atoms with E-state index in [9.17, 15) is 5.11 Å². The first kappa shape index (κ1) is 11.9. The molecule has 1 fully saturated rings. The zero-order valence-corrected chi connectivity index (χ0v) is 11.3. The molecule has 0 aliphatic carbocycles. The van der Waals surface area contributed by atoms with Crippen molar-refractivity contribution in [3.05, 3.63) is 48.5 Å². The monoisotopic (exact) mass is 266 g/mol. The number of nitrogens with one attached hydrogen (secondary N) is 1. The third-order valence-electron chi connectivity index (χ3n) is 4.36. The highest BCUT2D eigenvalue weighted by Crippen LogP contribution is 2.34. The minimum atomic E-state index is -0.331. The van der Waals surface area contributed by atoms with Crippen LogP contribution in [0.4, 0.5) is 0 Å². The predicted molar refractivity (Wildman–Crippen MR) is 82.0 cm³/mol. The molecule has 2 atom stereocenters. The second-order valence-corrected chi connectivity index (χ2v) is 5.53. The summed E-state index contributed by atoms with van der Waals surface area (Å²) in [4.78, 5) is 0. The normalized spacial score (nSPS) is 23.4. The van der Waals surface area contributed by atoms with Gasteiger partial charge in [0.2, 0.25) is 0 Å². The maximum Gasteiger partial charge on any atom is 0.0872 e. The smallest absolute Gasteiger partial charge is 0.0872 e. The van der Waals surface area contributed by atoms with Gasteiger partial charge >= 0.3 is 0 Å². The van der Waals surface area contributed by atoms with Crippen molar-refractivity contribution in [3.63, 3.8) is 0 Å². The van der Waals surface area contributed by atoms with Crippen molar-refractivity contribution in [2.24, 2.45) is 0 Å². The summed E-state index contributed by atoms with van der Waals surface area (Å²) in [6, 6.07) is 17.1. The molecule has 2 heterocycles. The van der Waals surface area contributed by atoms with Crippen LogP contribution < -0.4 is 5.32 Å². The number of para-hydroxylation sites is 2. The number of hydrogen-bond donors (Lipinski definition) is 2. The Bertz CT molecular complexity index is 709. The van der Waals surface area contributed by atoms with E-state index in [0.717, 1.165) is 13.0 Å². The molecule has 20 heavy (non-hydrogen) atoms. The highest BCUT2D eigenvalue weighted by atomic mass is 16.3. The van der Waals surface area contributed by atoms with Crippen molar-refractivity contribution in [1.29, 1.82) is 0 Å². The molecule has 0 bridgehead atoms. The van der Waals surface area contributed by atoms with Gasteiger partial charge in [0.05, 0.1) is 12.1 Å². The highest BCUT2D eigenvalue weighted by Gasteiger charge is 2.27. The first-order valence-electron chi connectivity index (χ1n) is 7.23. The molecule has 3 heteroatoms. The number of hydrogen-bond acceptors (Lipinski definition) is 2. The molecule has 0 unspecified atom stereocenters. The van der Waals surface area contributed by atoms with Gasteiger partial charge in [-0.05, 0) is 25.1 Å². The van der Waals surface area contributed by atoms with Crippen LogP contribution in [0.3, 0.4) is 0 Å². The molecule has 0 amide bonds. The number of fused-ring (bicyclic) bond motifs is 3. The molecule has 0 radical (unpaired) electrons. The second-order valence-electron chi connectivity index (χ2n) is 5.53. The lowest BCUT2D eigenvalue weighted by molar-refractivity contribution is 0.0913. The fourth-order valence-corrected chi connectivity index (χ4v) is 3.44. The summed E-state index contributed by atoms with van der Waals surface area (Å²) >= 11 is 0. The van der Waals surface area contributed by atoms with Gasteiger partial charge in [0, 0.05) is 28.4 Å². The molecular formula is C17H18N2O. The van der Waals surface area contributed by atoms with Gasteiger partial charge in [-0.15, -0.1) is 0 Å². The minimum absolute atomic E-state index is 0.154. The number of benzene rings is 2. The van der Waals surface area contributed by atoms with E-state index in [0.29, 0.717) is 6.54 Å². The summed E-state index contributed by atoms with van der Waals surface area (Å²) in [6.07, 6.45) is 0.632. The van der Waals surface area contributed by atoms with Crippen molar-refractivity contribution in [2.75, 3.05) is 13.1 Å². The average molecular weight is 266 g/mol. The van der Waals surface area contributed by atoms with E-state index >= 15 is 0 Å². The van der Waals surface area contributed by atoms with E-state index in [4.69, 9.17) is 0 Å². The largest absolute Gasteiger partial charge is 0.390 e. The Morgan fingerprint density at radius 2 is 1.55 bits per heavy atom. The first-order valence-corrected chi connectivity index (χ1v) is 7.23. The standard InChI is InChI=1S/C17H18N2O/c20-17-11-18-10-9-16(17)19-14-7-3-1-5-12(14)13-6-2-4-8-15(13)19/h1-8,16-18,20H,9-11H2/t16-,17-/m1/s1. The number of nitrogens with zero attached hydrogens (tertiary/aromatic N) is 1. The molecule has 2 aromatic carbocycles. The molecule has 1 aliphatic rings. The van der Waals surface area contributed by atoms with Crippen LogP contribution in [0.5, 0.6) is 0 Å². The molecule has 1 saturated heterocycles. The Morgan fingerprint density at radius 3 is 2.15 bits per heavy atom. The van der Waals surface area contributed by atoms with Gasteiger partial charge in [-0.3, -0.25) is 0 Å². The summed E-state index contributed by atoms with van der Waals surface area (Å²) < 4.78 is 2.33. The summed E-state index contributed by atoms with van der Waals surface area (Å²) in [7, 11) is 0. The van der Waals surface area contributed by atoms with Crippen LogP contribution >= 0.6 is 0 Å². The fourth-order valence-electron chi connectivity index (χ4n) is 3.44. The van der Waals surface area contributed by atoms with Crippen molar-refractivity contribution in [3.8, 4) is 0 Å². The Morgan fingerprint density at radius 1 is 0.950 bits per heavy atom. The predicted octanol–water partition coefficient (Wildman–Crippen LogP) is 2.69. The number of aliphatic hydroxyl groups excluding tert-OH is 1. The van der Waals surface area contributed by atoms with E-state index in [2.05, 4.69) is 58.4 Å². The van der Waals surface area contributed by atoms with Crippen LogP contribution in [0, 0.1) is 0 Å². The number of piperidine rings is 1. The number of β-amino-alcohol motifs (C(OH)–C–C–N with tert-alkyl or cyclic N) is 1. The summed E-state index contributed by atoms with van der Waals surface area (Å²) in [6.45, 7) is 1.63.